The molecule has 18 heavy (non-hydrogen) atoms. The number of fused-ring (bicyclic) bond motifs is 1. The zero-order valence-electron chi connectivity index (χ0n) is 10.8. The fourth-order valence-electron chi connectivity index (χ4n) is 3.20. The summed E-state index contributed by atoms with van der Waals surface area (Å²) >= 11 is 6.10. The maximum absolute atomic E-state index is 6.11. The van der Waals surface area contributed by atoms with Crippen molar-refractivity contribution >= 4 is 28.6 Å². The number of nitrogen functional groups attached to an aromatic ring is 1. The van der Waals surface area contributed by atoms with Crippen LogP contribution in [0.15, 0.2) is 18.2 Å². The van der Waals surface area contributed by atoms with Crippen LogP contribution in [0.3, 0.4) is 0 Å². The van der Waals surface area contributed by atoms with Gasteiger partial charge in [0.25, 0.3) is 0 Å². The lowest BCUT2D eigenvalue weighted by molar-refractivity contribution is 0.268. The quantitative estimate of drug-likeness (QED) is 0.844. The van der Waals surface area contributed by atoms with E-state index >= 15 is 0 Å². The molecule has 1 aliphatic rings. The Kier molecular flexibility index (Phi) is 2.56. The molecule has 0 amide bonds. The Morgan fingerprint density at radius 3 is 2.89 bits per heavy atom. The van der Waals surface area contributed by atoms with E-state index in [1.165, 1.54) is 12.8 Å². The van der Waals surface area contributed by atoms with Gasteiger partial charge in [0.1, 0.15) is 0 Å². The SMILES string of the molecule is CC1(C)CCCC1n1c(N)nc2ccc(Cl)cc21. The molecule has 1 heterocycles. The van der Waals surface area contributed by atoms with Gasteiger partial charge >= 0.3 is 0 Å². The minimum Gasteiger partial charge on any atom is -0.369 e. The fourth-order valence-corrected chi connectivity index (χ4v) is 3.37. The lowest BCUT2D eigenvalue weighted by Crippen LogP contribution is -2.22. The third kappa shape index (κ3) is 1.69. The van der Waals surface area contributed by atoms with Crippen LogP contribution in [-0.4, -0.2) is 9.55 Å². The second-order valence-corrected chi connectivity index (χ2v) is 6.31. The molecule has 1 aliphatic carbocycles. The van der Waals surface area contributed by atoms with Crippen LogP contribution in [0, 0.1) is 5.41 Å². The van der Waals surface area contributed by atoms with Gasteiger partial charge in [0.2, 0.25) is 5.95 Å². The van der Waals surface area contributed by atoms with Crippen LogP contribution in [0.2, 0.25) is 5.02 Å². The molecule has 0 aliphatic heterocycles. The topological polar surface area (TPSA) is 43.8 Å². The zero-order chi connectivity index (χ0) is 12.9. The lowest BCUT2D eigenvalue weighted by atomic mass is 9.87. The molecule has 2 aromatic rings. The molecule has 1 aromatic carbocycles. The monoisotopic (exact) mass is 263 g/mol. The van der Waals surface area contributed by atoms with Gasteiger partial charge in [-0.05, 0) is 36.5 Å². The second-order valence-electron chi connectivity index (χ2n) is 5.87. The Balaban J connectivity index is 2.22. The van der Waals surface area contributed by atoms with E-state index in [9.17, 15) is 0 Å². The number of anilines is 1. The van der Waals surface area contributed by atoms with E-state index in [4.69, 9.17) is 17.3 Å². The van der Waals surface area contributed by atoms with Crippen LogP contribution in [-0.2, 0) is 0 Å². The number of nitrogens with two attached hydrogens (primary N) is 1. The van der Waals surface area contributed by atoms with Gasteiger partial charge in [-0.1, -0.05) is 31.9 Å². The van der Waals surface area contributed by atoms with Crippen molar-refractivity contribution < 1.29 is 0 Å². The summed E-state index contributed by atoms with van der Waals surface area (Å²) < 4.78 is 2.17. The van der Waals surface area contributed by atoms with Gasteiger partial charge < -0.3 is 10.3 Å². The normalized spacial score (nSPS) is 22.7. The minimum absolute atomic E-state index is 0.268. The smallest absolute Gasteiger partial charge is 0.201 e. The van der Waals surface area contributed by atoms with E-state index < -0.39 is 0 Å². The first-order valence-corrected chi connectivity index (χ1v) is 6.80. The Morgan fingerprint density at radius 1 is 1.44 bits per heavy atom. The van der Waals surface area contributed by atoms with E-state index in [0.717, 1.165) is 22.5 Å². The van der Waals surface area contributed by atoms with Crippen molar-refractivity contribution in [3.63, 3.8) is 0 Å². The molecule has 2 N–H and O–H groups in total. The average Bonchev–Trinajstić information content (AvgIpc) is 2.77. The molecule has 1 atom stereocenters. The molecule has 0 saturated heterocycles. The van der Waals surface area contributed by atoms with Gasteiger partial charge in [-0.25, -0.2) is 4.98 Å². The van der Waals surface area contributed by atoms with Crippen molar-refractivity contribution in [2.45, 2.75) is 39.2 Å². The molecule has 0 bridgehead atoms. The maximum atomic E-state index is 6.11. The molecule has 3 nitrogen and oxygen atoms in total. The Labute approximate surface area is 112 Å². The molecule has 1 unspecified atom stereocenters. The first-order valence-electron chi connectivity index (χ1n) is 6.42. The van der Waals surface area contributed by atoms with E-state index in [1.807, 2.05) is 18.2 Å². The third-order valence-electron chi connectivity index (χ3n) is 4.19. The summed E-state index contributed by atoms with van der Waals surface area (Å²) in [6.07, 6.45) is 3.64. The number of nitrogens with zero attached hydrogens (tertiary/aromatic N) is 2. The zero-order valence-corrected chi connectivity index (χ0v) is 11.5. The van der Waals surface area contributed by atoms with E-state index in [0.29, 0.717) is 12.0 Å². The van der Waals surface area contributed by atoms with Crippen molar-refractivity contribution in [3.05, 3.63) is 23.2 Å². The predicted molar refractivity (Wildman–Crippen MR) is 75.8 cm³/mol. The van der Waals surface area contributed by atoms with Crippen LogP contribution in [0.1, 0.15) is 39.2 Å². The number of halogens is 1. The van der Waals surface area contributed by atoms with Gasteiger partial charge in [0, 0.05) is 11.1 Å². The Hall–Kier alpha value is -1.22. The van der Waals surface area contributed by atoms with Gasteiger partial charge in [0.05, 0.1) is 11.0 Å². The predicted octanol–water partition coefficient (Wildman–Crippen LogP) is 4.02. The van der Waals surface area contributed by atoms with Crippen LogP contribution in [0.5, 0.6) is 0 Å². The number of rotatable bonds is 1. The fraction of sp³-hybridized carbons (Fsp3) is 0.500. The lowest BCUT2D eigenvalue weighted by Gasteiger charge is -2.29. The summed E-state index contributed by atoms with van der Waals surface area (Å²) in [5.41, 5.74) is 8.37. The molecule has 3 rings (SSSR count). The van der Waals surface area contributed by atoms with Crippen molar-refractivity contribution in [2.75, 3.05) is 5.73 Å². The summed E-state index contributed by atoms with van der Waals surface area (Å²) in [6, 6.07) is 6.18. The van der Waals surface area contributed by atoms with E-state index in [1.54, 1.807) is 0 Å². The van der Waals surface area contributed by atoms with Crippen LogP contribution in [0.25, 0.3) is 11.0 Å². The van der Waals surface area contributed by atoms with Gasteiger partial charge in [0.15, 0.2) is 0 Å². The standard InChI is InChI=1S/C14H18ClN3/c1-14(2)7-3-4-12(14)18-11-8-9(15)5-6-10(11)17-13(18)16/h5-6,8,12H,3-4,7H2,1-2H3,(H2,16,17). The van der Waals surface area contributed by atoms with Gasteiger partial charge in [-0.3, -0.25) is 0 Å². The highest BCUT2D eigenvalue weighted by Crippen LogP contribution is 2.47. The molecule has 0 spiro atoms. The number of hydrogen-bond acceptors (Lipinski definition) is 2. The number of imidazole rings is 1. The summed E-state index contributed by atoms with van der Waals surface area (Å²) in [7, 11) is 0. The number of hydrogen-bond donors (Lipinski definition) is 1. The molecule has 96 valence electrons. The van der Waals surface area contributed by atoms with Crippen LogP contribution >= 0.6 is 11.6 Å². The van der Waals surface area contributed by atoms with E-state index in [-0.39, 0.29) is 5.41 Å². The summed E-state index contributed by atoms with van der Waals surface area (Å²) in [5.74, 6) is 0.604. The average molecular weight is 264 g/mol. The molecular weight excluding hydrogens is 246 g/mol. The Morgan fingerprint density at radius 2 is 2.22 bits per heavy atom. The van der Waals surface area contributed by atoms with Gasteiger partial charge in [-0.2, -0.15) is 0 Å². The van der Waals surface area contributed by atoms with Crippen LogP contribution < -0.4 is 5.73 Å². The van der Waals surface area contributed by atoms with E-state index in [2.05, 4.69) is 23.4 Å². The summed E-state index contributed by atoms with van der Waals surface area (Å²) in [4.78, 5) is 4.45. The number of aromatic nitrogens is 2. The first-order chi connectivity index (χ1) is 8.49. The van der Waals surface area contributed by atoms with Gasteiger partial charge in [-0.15, -0.1) is 0 Å². The molecule has 1 saturated carbocycles. The summed E-state index contributed by atoms with van der Waals surface area (Å²) in [5, 5.41) is 0.736. The third-order valence-corrected chi connectivity index (χ3v) is 4.43. The first kappa shape index (κ1) is 11.8. The molecule has 1 aromatic heterocycles. The summed E-state index contributed by atoms with van der Waals surface area (Å²) in [6.45, 7) is 4.61. The molecule has 4 heteroatoms. The highest BCUT2D eigenvalue weighted by molar-refractivity contribution is 6.31. The van der Waals surface area contributed by atoms with Crippen LogP contribution in [0.4, 0.5) is 5.95 Å². The molecular formula is C14H18ClN3. The van der Waals surface area contributed by atoms with Crippen molar-refractivity contribution in [1.29, 1.82) is 0 Å². The van der Waals surface area contributed by atoms with Crippen molar-refractivity contribution in [1.82, 2.24) is 9.55 Å². The minimum atomic E-state index is 0.268. The molecule has 0 radical (unpaired) electrons. The molecule has 1 fully saturated rings. The highest BCUT2D eigenvalue weighted by atomic mass is 35.5. The Bertz CT molecular complexity index is 600. The highest BCUT2D eigenvalue weighted by Gasteiger charge is 2.37. The van der Waals surface area contributed by atoms with Crippen molar-refractivity contribution in [2.24, 2.45) is 5.41 Å². The maximum Gasteiger partial charge on any atom is 0.201 e. The second kappa shape index (κ2) is 3.89. The largest absolute Gasteiger partial charge is 0.369 e. The number of benzene rings is 1. The van der Waals surface area contributed by atoms with Crippen molar-refractivity contribution in [3.8, 4) is 0 Å².